The van der Waals surface area contributed by atoms with Gasteiger partial charge in [-0.1, -0.05) is 12.1 Å². The highest BCUT2D eigenvalue weighted by Gasteiger charge is 2.55. The lowest BCUT2D eigenvalue weighted by Gasteiger charge is -2.27. The number of phenolic OH excluding ortho intramolecular Hbond substituents is 1. The molecule has 0 radical (unpaired) electrons. The van der Waals surface area contributed by atoms with Crippen LogP contribution in [-0.4, -0.2) is 41.9 Å². The zero-order valence-corrected chi connectivity index (χ0v) is 19.0. The summed E-state index contributed by atoms with van der Waals surface area (Å²) in [4.78, 5) is 38.6. The van der Waals surface area contributed by atoms with E-state index in [1.165, 1.54) is 20.1 Å². The second-order valence-corrected chi connectivity index (χ2v) is 8.09. The first-order chi connectivity index (χ1) is 16.1. The fourth-order valence-electron chi connectivity index (χ4n) is 4.27. The van der Waals surface area contributed by atoms with Gasteiger partial charge in [-0.2, -0.15) is 0 Å². The highest BCUT2D eigenvalue weighted by Crippen LogP contribution is 2.56. The number of Topliss-reactive ketones (excluding diaryl/α,β-unsaturated/α-hetero) is 2. The Morgan fingerprint density at radius 3 is 2.53 bits per heavy atom. The molecule has 0 bridgehead atoms. The number of phenols is 1. The Labute approximate surface area is 195 Å². The molecule has 0 saturated heterocycles. The standard InChI is InChI=1S/C25H23NO8/c1-12(27)19-15(28)10-18-25(2,23(19)30)21-16(29)9-17(33-4)20(22(21)34-18)24(31)26-11-13-6-5-7-14(8-13)32-3/h5-10,28-29H,11H2,1-4H3,(H,26,31)/t25-/m1/s1. The highest BCUT2D eigenvalue weighted by molar-refractivity contribution is 6.25. The average molecular weight is 465 g/mol. The van der Waals surface area contributed by atoms with E-state index in [2.05, 4.69) is 5.32 Å². The van der Waals surface area contributed by atoms with Crippen molar-refractivity contribution in [3.8, 4) is 23.0 Å². The minimum Gasteiger partial charge on any atom is -0.507 e. The molecule has 2 aromatic rings. The van der Waals surface area contributed by atoms with Gasteiger partial charge < -0.3 is 29.7 Å². The molecule has 0 unspecified atom stereocenters. The smallest absolute Gasteiger partial charge is 0.259 e. The molecule has 2 aromatic carbocycles. The van der Waals surface area contributed by atoms with Crippen molar-refractivity contribution < 1.29 is 38.8 Å². The van der Waals surface area contributed by atoms with E-state index < -0.39 is 34.2 Å². The van der Waals surface area contributed by atoms with Crippen LogP contribution < -0.4 is 19.5 Å². The molecular weight excluding hydrogens is 442 g/mol. The Morgan fingerprint density at radius 1 is 1.15 bits per heavy atom. The molecule has 9 heteroatoms. The monoisotopic (exact) mass is 465 g/mol. The maximum atomic E-state index is 13.3. The van der Waals surface area contributed by atoms with Crippen LogP contribution in [0.3, 0.4) is 0 Å². The first-order valence-electron chi connectivity index (χ1n) is 10.4. The highest BCUT2D eigenvalue weighted by atomic mass is 16.5. The minimum absolute atomic E-state index is 0.0135. The van der Waals surface area contributed by atoms with Crippen molar-refractivity contribution >= 4 is 17.5 Å². The van der Waals surface area contributed by atoms with Crippen LogP contribution in [0.2, 0.25) is 0 Å². The van der Waals surface area contributed by atoms with Crippen molar-refractivity contribution in [2.75, 3.05) is 14.2 Å². The number of carbonyl (C=O) groups excluding carboxylic acids is 3. The summed E-state index contributed by atoms with van der Waals surface area (Å²) in [6.45, 7) is 2.78. The molecule has 1 aliphatic heterocycles. The van der Waals surface area contributed by atoms with Crippen LogP contribution in [-0.2, 0) is 21.5 Å². The quantitative estimate of drug-likeness (QED) is 0.555. The first kappa shape index (κ1) is 22.9. The summed E-state index contributed by atoms with van der Waals surface area (Å²) in [7, 11) is 2.87. The number of benzene rings is 2. The number of ketones is 2. The van der Waals surface area contributed by atoms with E-state index in [1.54, 1.807) is 25.3 Å². The van der Waals surface area contributed by atoms with Crippen molar-refractivity contribution in [2.24, 2.45) is 0 Å². The van der Waals surface area contributed by atoms with Crippen LogP contribution in [0.5, 0.6) is 23.0 Å². The summed E-state index contributed by atoms with van der Waals surface area (Å²) in [6, 6.07) is 8.37. The third-order valence-electron chi connectivity index (χ3n) is 6.02. The molecule has 9 nitrogen and oxygen atoms in total. The molecule has 1 aliphatic carbocycles. The van der Waals surface area contributed by atoms with Gasteiger partial charge in [-0.3, -0.25) is 14.4 Å². The number of rotatable bonds is 6. The molecular formula is C25H23NO8. The summed E-state index contributed by atoms with van der Waals surface area (Å²) >= 11 is 0. The number of aliphatic hydroxyl groups is 1. The van der Waals surface area contributed by atoms with Crippen molar-refractivity contribution in [3.05, 3.63) is 70.2 Å². The number of carbonyl (C=O) groups is 3. The van der Waals surface area contributed by atoms with Crippen LogP contribution in [0.4, 0.5) is 0 Å². The number of hydrogen-bond donors (Lipinski definition) is 3. The van der Waals surface area contributed by atoms with Gasteiger partial charge in [0.2, 0.25) is 0 Å². The Bertz CT molecular complexity index is 1310. The van der Waals surface area contributed by atoms with E-state index in [-0.39, 0.29) is 40.7 Å². The number of ether oxygens (including phenoxy) is 3. The van der Waals surface area contributed by atoms with Gasteiger partial charge in [0.15, 0.2) is 17.3 Å². The third kappa shape index (κ3) is 3.37. The van der Waals surface area contributed by atoms with Crippen molar-refractivity contribution in [1.29, 1.82) is 0 Å². The van der Waals surface area contributed by atoms with Gasteiger partial charge in [0.25, 0.3) is 5.91 Å². The molecule has 176 valence electrons. The summed E-state index contributed by atoms with van der Waals surface area (Å²) in [6.07, 6.45) is 1.15. The number of allylic oxidation sites excluding steroid dienone is 3. The molecule has 0 saturated carbocycles. The number of aromatic hydroxyl groups is 1. The Morgan fingerprint density at radius 2 is 1.88 bits per heavy atom. The number of aliphatic hydroxyl groups excluding tert-OH is 1. The average Bonchev–Trinajstić information content (AvgIpc) is 3.10. The van der Waals surface area contributed by atoms with Gasteiger partial charge in [-0.05, 0) is 31.5 Å². The molecule has 4 rings (SSSR count). The minimum atomic E-state index is -1.61. The van der Waals surface area contributed by atoms with Crippen molar-refractivity contribution in [1.82, 2.24) is 5.32 Å². The van der Waals surface area contributed by atoms with Crippen molar-refractivity contribution in [2.45, 2.75) is 25.8 Å². The predicted octanol–water partition coefficient (Wildman–Crippen LogP) is 2.86. The SMILES string of the molecule is COc1cccc(CNC(=O)c2c(OC)cc(O)c3c2OC2=CC(O)=C(C(C)=O)C(=O)[C@]23C)c1. The Hall–Kier alpha value is -4.27. The zero-order valence-electron chi connectivity index (χ0n) is 19.0. The van der Waals surface area contributed by atoms with Crippen LogP contribution in [0.25, 0.3) is 0 Å². The van der Waals surface area contributed by atoms with E-state index in [9.17, 15) is 24.6 Å². The lowest BCUT2D eigenvalue weighted by molar-refractivity contribution is -0.123. The maximum absolute atomic E-state index is 13.3. The largest absolute Gasteiger partial charge is 0.507 e. The van der Waals surface area contributed by atoms with Gasteiger partial charge in [-0.15, -0.1) is 0 Å². The van der Waals surface area contributed by atoms with Gasteiger partial charge in [0.1, 0.15) is 45.3 Å². The number of amides is 1. The number of methoxy groups -OCH3 is 2. The number of nitrogens with one attached hydrogen (secondary N) is 1. The predicted molar refractivity (Wildman–Crippen MR) is 120 cm³/mol. The molecule has 34 heavy (non-hydrogen) atoms. The van der Waals surface area contributed by atoms with Crippen LogP contribution in [0.15, 0.2) is 53.5 Å². The van der Waals surface area contributed by atoms with Gasteiger partial charge in [0.05, 0.1) is 19.8 Å². The number of hydrogen-bond acceptors (Lipinski definition) is 8. The second-order valence-electron chi connectivity index (χ2n) is 8.09. The molecule has 3 N–H and O–H groups in total. The zero-order chi connectivity index (χ0) is 24.8. The van der Waals surface area contributed by atoms with E-state index in [1.807, 2.05) is 6.07 Å². The lowest BCUT2D eigenvalue weighted by atomic mass is 9.71. The maximum Gasteiger partial charge on any atom is 0.259 e. The fourth-order valence-corrected chi connectivity index (χ4v) is 4.27. The summed E-state index contributed by atoms with van der Waals surface area (Å²) in [5.41, 5.74) is -1.25. The lowest BCUT2D eigenvalue weighted by Crippen LogP contribution is -2.38. The Balaban J connectivity index is 1.78. The molecule has 1 heterocycles. The summed E-state index contributed by atoms with van der Waals surface area (Å²) in [5, 5.41) is 23.8. The van der Waals surface area contributed by atoms with Crippen molar-refractivity contribution in [3.63, 3.8) is 0 Å². The van der Waals surface area contributed by atoms with Crippen LogP contribution in [0, 0.1) is 0 Å². The normalized spacial score (nSPS) is 18.5. The van der Waals surface area contributed by atoms with E-state index in [0.717, 1.165) is 18.6 Å². The van der Waals surface area contributed by atoms with Crippen LogP contribution >= 0.6 is 0 Å². The van der Waals surface area contributed by atoms with E-state index in [4.69, 9.17) is 14.2 Å². The Kier molecular flexibility index (Phi) is 5.56. The molecule has 2 aliphatic rings. The fraction of sp³-hybridized carbons (Fsp3) is 0.240. The molecule has 0 aromatic heterocycles. The first-order valence-corrected chi connectivity index (χ1v) is 10.4. The topological polar surface area (TPSA) is 131 Å². The number of fused-ring (bicyclic) bond motifs is 3. The summed E-state index contributed by atoms with van der Waals surface area (Å²) in [5.74, 6) is -2.26. The second kappa shape index (κ2) is 8.26. The van der Waals surface area contributed by atoms with Gasteiger partial charge in [0, 0.05) is 18.7 Å². The molecule has 1 atom stereocenters. The molecule has 0 fully saturated rings. The third-order valence-corrected chi connectivity index (χ3v) is 6.02. The van der Waals surface area contributed by atoms with Gasteiger partial charge in [-0.25, -0.2) is 0 Å². The van der Waals surface area contributed by atoms with E-state index in [0.29, 0.717) is 5.75 Å². The summed E-state index contributed by atoms with van der Waals surface area (Å²) < 4.78 is 16.4. The van der Waals surface area contributed by atoms with Gasteiger partial charge >= 0.3 is 0 Å². The van der Waals surface area contributed by atoms with E-state index >= 15 is 0 Å². The molecule has 0 spiro atoms. The van der Waals surface area contributed by atoms with Crippen LogP contribution in [0.1, 0.15) is 35.3 Å². The molecule has 1 amide bonds.